The summed E-state index contributed by atoms with van der Waals surface area (Å²) in [6, 6.07) is 4.98. The molecule has 3 rings (SSSR count). The average molecular weight is 250 g/mol. The first kappa shape index (κ1) is 11.2. The van der Waals surface area contributed by atoms with E-state index in [0.29, 0.717) is 24.6 Å². The second-order valence-corrected chi connectivity index (χ2v) is 4.22. The van der Waals surface area contributed by atoms with Crippen LogP contribution < -0.4 is 19.7 Å². The fourth-order valence-electron chi connectivity index (χ4n) is 2.27. The monoisotopic (exact) mass is 250 g/mol. The number of amides is 1. The molecule has 1 saturated heterocycles. The van der Waals surface area contributed by atoms with E-state index in [1.165, 1.54) is 0 Å². The van der Waals surface area contributed by atoms with Gasteiger partial charge >= 0.3 is 0 Å². The molecule has 0 spiro atoms. The van der Waals surface area contributed by atoms with Crippen LogP contribution in [0.3, 0.4) is 0 Å². The highest BCUT2D eigenvalue weighted by Crippen LogP contribution is 2.36. The smallest absolute Gasteiger partial charge is 0.245 e. The zero-order valence-corrected chi connectivity index (χ0v) is 9.76. The van der Waals surface area contributed by atoms with Crippen LogP contribution in [0.25, 0.3) is 0 Å². The van der Waals surface area contributed by atoms with Gasteiger partial charge in [0.2, 0.25) is 12.7 Å². The van der Waals surface area contributed by atoms with Crippen LogP contribution in [0.2, 0.25) is 0 Å². The molecule has 2 N–H and O–H groups in total. The van der Waals surface area contributed by atoms with E-state index in [9.17, 15) is 9.90 Å². The number of nitrogens with zero attached hydrogens (tertiary/aromatic N) is 1. The van der Waals surface area contributed by atoms with Gasteiger partial charge in [0.15, 0.2) is 11.5 Å². The van der Waals surface area contributed by atoms with E-state index in [2.05, 4.69) is 5.32 Å². The number of nitrogens with one attached hydrogen (secondary N) is 1. The van der Waals surface area contributed by atoms with Crippen molar-refractivity contribution in [2.24, 2.45) is 0 Å². The lowest BCUT2D eigenvalue weighted by Gasteiger charge is -2.35. The Kier molecular flexibility index (Phi) is 2.71. The summed E-state index contributed by atoms with van der Waals surface area (Å²) >= 11 is 0. The Balaban J connectivity index is 1.91. The van der Waals surface area contributed by atoms with Crippen LogP contribution in [0.1, 0.15) is 0 Å². The van der Waals surface area contributed by atoms with Gasteiger partial charge in [0.1, 0.15) is 6.04 Å². The number of carbonyl (C=O) groups excluding carboxylic acids is 1. The molecule has 0 aliphatic carbocycles. The Bertz CT molecular complexity index is 477. The van der Waals surface area contributed by atoms with E-state index in [-0.39, 0.29) is 19.3 Å². The number of aliphatic hydroxyl groups is 1. The number of carbonyl (C=O) groups is 1. The van der Waals surface area contributed by atoms with E-state index in [1.54, 1.807) is 0 Å². The van der Waals surface area contributed by atoms with E-state index in [0.717, 1.165) is 5.69 Å². The van der Waals surface area contributed by atoms with E-state index < -0.39 is 6.04 Å². The van der Waals surface area contributed by atoms with Crippen LogP contribution in [0.5, 0.6) is 11.5 Å². The molecule has 18 heavy (non-hydrogen) atoms. The average Bonchev–Trinajstić information content (AvgIpc) is 2.85. The number of piperazine rings is 1. The highest BCUT2D eigenvalue weighted by atomic mass is 16.7. The topological polar surface area (TPSA) is 71.0 Å². The van der Waals surface area contributed by atoms with Crippen molar-refractivity contribution < 1.29 is 19.4 Å². The highest BCUT2D eigenvalue weighted by molar-refractivity contribution is 5.86. The fourth-order valence-corrected chi connectivity index (χ4v) is 2.27. The van der Waals surface area contributed by atoms with Gasteiger partial charge in [-0.15, -0.1) is 0 Å². The normalized spacial score (nSPS) is 21.9. The molecule has 1 fully saturated rings. The van der Waals surface area contributed by atoms with Crippen LogP contribution in [0, 0.1) is 0 Å². The largest absolute Gasteiger partial charge is 0.454 e. The summed E-state index contributed by atoms with van der Waals surface area (Å²) in [6.07, 6.45) is 0. The van der Waals surface area contributed by atoms with E-state index >= 15 is 0 Å². The maximum absolute atomic E-state index is 11.7. The summed E-state index contributed by atoms with van der Waals surface area (Å²) in [4.78, 5) is 13.5. The van der Waals surface area contributed by atoms with Crippen molar-refractivity contribution in [1.29, 1.82) is 0 Å². The van der Waals surface area contributed by atoms with Crippen molar-refractivity contribution in [2.75, 3.05) is 31.4 Å². The van der Waals surface area contributed by atoms with Crippen LogP contribution in [0.15, 0.2) is 18.2 Å². The molecular weight excluding hydrogens is 236 g/mol. The Morgan fingerprint density at radius 3 is 3.06 bits per heavy atom. The summed E-state index contributed by atoms with van der Waals surface area (Å²) in [5.41, 5.74) is 0.855. The molecule has 96 valence electrons. The van der Waals surface area contributed by atoms with Crippen molar-refractivity contribution in [3.05, 3.63) is 18.2 Å². The first-order chi connectivity index (χ1) is 8.79. The number of anilines is 1. The Morgan fingerprint density at radius 2 is 2.22 bits per heavy atom. The van der Waals surface area contributed by atoms with E-state index in [1.807, 2.05) is 23.1 Å². The third-order valence-corrected chi connectivity index (χ3v) is 3.19. The van der Waals surface area contributed by atoms with Crippen molar-refractivity contribution >= 4 is 11.6 Å². The van der Waals surface area contributed by atoms with Crippen LogP contribution in [-0.4, -0.2) is 43.5 Å². The summed E-state index contributed by atoms with van der Waals surface area (Å²) in [7, 11) is 0. The van der Waals surface area contributed by atoms with Gasteiger partial charge in [0, 0.05) is 24.8 Å². The van der Waals surface area contributed by atoms with Gasteiger partial charge < -0.3 is 24.8 Å². The zero-order valence-electron chi connectivity index (χ0n) is 9.76. The predicted molar refractivity (Wildman–Crippen MR) is 63.8 cm³/mol. The molecule has 1 amide bonds. The summed E-state index contributed by atoms with van der Waals surface area (Å²) < 4.78 is 10.6. The Morgan fingerprint density at radius 1 is 1.39 bits per heavy atom. The number of benzene rings is 1. The number of ether oxygens (including phenoxy) is 2. The molecule has 0 saturated carbocycles. The molecule has 2 aliphatic rings. The number of aliphatic hydroxyl groups excluding tert-OH is 1. The van der Waals surface area contributed by atoms with Gasteiger partial charge in [-0.3, -0.25) is 4.79 Å². The lowest BCUT2D eigenvalue weighted by Crippen LogP contribution is -2.57. The van der Waals surface area contributed by atoms with Crippen LogP contribution in [0.4, 0.5) is 5.69 Å². The lowest BCUT2D eigenvalue weighted by atomic mass is 10.1. The third kappa shape index (κ3) is 1.74. The van der Waals surface area contributed by atoms with Crippen molar-refractivity contribution in [3.8, 4) is 11.5 Å². The predicted octanol–water partition coefficient (Wildman–Crippen LogP) is -0.288. The summed E-state index contributed by atoms with van der Waals surface area (Å²) in [6.45, 7) is 1.25. The number of hydrogen-bond donors (Lipinski definition) is 2. The van der Waals surface area contributed by atoms with Crippen molar-refractivity contribution in [1.82, 2.24) is 5.32 Å². The van der Waals surface area contributed by atoms with Gasteiger partial charge in [-0.1, -0.05) is 0 Å². The highest BCUT2D eigenvalue weighted by Gasteiger charge is 2.30. The number of rotatable bonds is 2. The maximum atomic E-state index is 11.7. The molecule has 6 heteroatoms. The molecule has 0 bridgehead atoms. The molecule has 1 aromatic rings. The lowest BCUT2D eigenvalue weighted by molar-refractivity contribution is -0.124. The van der Waals surface area contributed by atoms with Gasteiger partial charge in [0.05, 0.1) is 6.61 Å². The molecule has 1 aromatic carbocycles. The van der Waals surface area contributed by atoms with E-state index in [4.69, 9.17) is 9.47 Å². The number of fused-ring (bicyclic) bond motifs is 1. The van der Waals surface area contributed by atoms with Gasteiger partial charge in [-0.25, -0.2) is 0 Å². The number of hydrogen-bond acceptors (Lipinski definition) is 5. The second-order valence-electron chi connectivity index (χ2n) is 4.22. The Labute approximate surface area is 104 Å². The standard InChI is InChI=1S/C12H14N2O4/c15-6-9-12(16)13-3-4-14(9)8-1-2-10-11(5-8)18-7-17-10/h1-2,5,9,15H,3-4,6-7H2,(H,13,16). The first-order valence-corrected chi connectivity index (χ1v) is 5.84. The molecular formula is C12H14N2O4. The maximum Gasteiger partial charge on any atom is 0.245 e. The van der Waals surface area contributed by atoms with Crippen LogP contribution >= 0.6 is 0 Å². The van der Waals surface area contributed by atoms with Gasteiger partial charge in [-0.2, -0.15) is 0 Å². The van der Waals surface area contributed by atoms with Gasteiger partial charge in [0.25, 0.3) is 0 Å². The molecule has 2 heterocycles. The second kappa shape index (κ2) is 4.38. The molecule has 0 radical (unpaired) electrons. The van der Waals surface area contributed by atoms with Crippen molar-refractivity contribution in [2.45, 2.75) is 6.04 Å². The molecule has 1 unspecified atom stereocenters. The zero-order chi connectivity index (χ0) is 12.5. The minimum atomic E-state index is -0.542. The SMILES string of the molecule is O=C1NCCN(c2ccc3c(c2)OCO3)C1CO. The van der Waals surface area contributed by atoms with Gasteiger partial charge in [-0.05, 0) is 12.1 Å². The minimum absolute atomic E-state index is 0.151. The quantitative estimate of drug-likeness (QED) is 0.755. The molecule has 1 atom stereocenters. The fraction of sp³-hybridized carbons (Fsp3) is 0.417. The first-order valence-electron chi connectivity index (χ1n) is 5.84. The molecule has 6 nitrogen and oxygen atoms in total. The minimum Gasteiger partial charge on any atom is -0.454 e. The summed E-state index contributed by atoms with van der Waals surface area (Å²) in [5.74, 6) is 1.23. The molecule has 0 aromatic heterocycles. The molecule has 2 aliphatic heterocycles. The summed E-state index contributed by atoms with van der Waals surface area (Å²) in [5, 5.41) is 12.1. The third-order valence-electron chi connectivity index (χ3n) is 3.19. The van der Waals surface area contributed by atoms with Crippen molar-refractivity contribution in [3.63, 3.8) is 0 Å². The van der Waals surface area contributed by atoms with Crippen LogP contribution in [-0.2, 0) is 4.79 Å². The Hall–Kier alpha value is -1.95.